The first-order valence-electron chi connectivity index (χ1n) is 6.61. The molecule has 0 aliphatic rings. The second-order valence-corrected chi connectivity index (χ2v) is 6.17. The first kappa shape index (κ1) is 15.6. The maximum atomic E-state index is 11.3. The van der Waals surface area contributed by atoms with Gasteiger partial charge in [-0.05, 0) is 37.6 Å². The SMILES string of the molecule is CCNc1cccc(NCCc2ccc(Cl)s2)c1[N+](=O)[O-]. The number of benzene rings is 1. The lowest BCUT2D eigenvalue weighted by molar-refractivity contribution is -0.383. The topological polar surface area (TPSA) is 67.2 Å². The van der Waals surface area contributed by atoms with Crippen molar-refractivity contribution < 1.29 is 4.92 Å². The Kier molecular flexibility index (Phi) is 5.41. The zero-order chi connectivity index (χ0) is 15.2. The molecular formula is C14H16ClN3O2S. The van der Waals surface area contributed by atoms with Crippen LogP contribution >= 0.6 is 22.9 Å². The van der Waals surface area contributed by atoms with Gasteiger partial charge in [-0.2, -0.15) is 0 Å². The summed E-state index contributed by atoms with van der Waals surface area (Å²) in [4.78, 5) is 12.1. The van der Waals surface area contributed by atoms with Crippen molar-refractivity contribution in [1.29, 1.82) is 0 Å². The summed E-state index contributed by atoms with van der Waals surface area (Å²) in [7, 11) is 0. The second kappa shape index (κ2) is 7.28. The van der Waals surface area contributed by atoms with Crippen molar-refractivity contribution in [2.24, 2.45) is 0 Å². The molecule has 0 saturated carbocycles. The predicted molar refractivity (Wildman–Crippen MR) is 88.8 cm³/mol. The summed E-state index contributed by atoms with van der Waals surface area (Å²) < 4.78 is 0.755. The van der Waals surface area contributed by atoms with Crippen LogP contribution in [0.4, 0.5) is 17.1 Å². The van der Waals surface area contributed by atoms with Crippen LogP contribution in [0.15, 0.2) is 30.3 Å². The van der Waals surface area contributed by atoms with E-state index in [9.17, 15) is 10.1 Å². The molecule has 0 saturated heterocycles. The van der Waals surface area contributed by atoms with E-state index in [-0.39, 0.29) is 10.6 Å². The van der Waals surface area contributed by atoms with Crippen molar-refractivity contribution in [2.75, 3.05) is 23.7 Å². The van der Waals surface area contributed by atoms with Gasteiger partial charge in [0.05, 0.1) is 9.26 Å². The molecule has 1 heterocycles. The van der Waals surface area contributed by atoms with Gasteiger partial charge in [-0.15, -0.1) is 11.3 Å². The normalized spacial score (nSPS) is 10.4. The molecule has 2 rings (SSSR count). The number of nitrogens with zero attached hydrogens (tertiary/aromatic N) is 1. The average Bonchev–Trinajstić information content (AvgIpc) is 2.85. The predicted octanol–water partition coefficient (Wildman–Crippen LogP) is 4.40. The van der Waals surface area contributed by atoms with Crippen LogP contribution in [0.3, 0.4) is 0 Å². The van der Waals surface area contributed by atoms with Gasteiger partial charge in [0.15, 0.2) is 0 Å². The molecule has 1 aromatic carbocycles. The number of anilines is 2. The third-order valence-corrected chi connectivity index (χ3v) is 4.19. The number of nitro groups is 1. The minimum atomic E-state index is -0.359. The maximum absolute atomic E-state index is 11.3. The molecule has 2 aromatic rings. The molecule has 0 aliphatic carbocycles. The summed E-state index contributed by atoms with van der Waals surface area (Å²) in [6.45, 7) is 3.16. The van der Waals surface area contributed by atoms with Gasteiger partial charge < -0.3 is 10.6 Å². The zero-order valence-electron chi connectivity index (χ0n) is 11.6. The molecule has 0 fully saturated rings. The smallest absolute Gasteiger partial charge is 0.315 e. The van der Waals surface area contributed by atoms with Gasteiger partial charge in [-0.3, -0.25) is 10.1 Å². The fourth-order valence-electron chi connectivity index (χ4n) is 2.02. The van der Waals surface area contributed by atoms with Gasteiger partial charge in [0, 0.05) is 18.0 Å². The first-order valence-corrected chi connectivity index (χ1v) is 7.80. The zero-order valence-corrected chi connectivity index (χ0v) is 13.1. The van der Waals surface area contributed by atoms with Crippen molar-refractivity contribution in [1.82, 2.24) is 0 Å². The molecule has 0 amide bonds. The Balaban J connectivity index is 2.08. The maximum Gasteiger partial charge on any atom is 0.315 e. The lowest BCUT2D eigenvalue weighted by Gasteiger charge is -2.10. The standard InChI is InChI=1S/C14H16ClN3O2S/c1-2-16-11-4-3-5-12(14(11)18(19)20)17-9-8-10-6-7-13(15)21-10/h3-7,16-17H,2,8-9H2,1H3. The number of hydrogen-bond donors (Lipinski definition) is 2. The van der Waals surface area contributed by atoms with E-state index in [0.717, 1.165) is 15.6 Å². The van der Waals surface area contributed by atoms with E-state index in [2.05, 4.69) is 10.6 Å². The number of hydrogen-bond acceptors (Lipinski definition) is 5. The van der Waals surface area contributed by atoms with Crippen LogP contribution in [-0.4, -0.2) is 18.0 Å². The lowest BCUT2D eigenvalue weighted by atomic mass is 10.2. The largest absolute Gasteiger partial charge is 0.380 e. The highest BCUT2D eigenvalue weighted by atomic mass is 35.5. The van der Waals surface area contributed by atoms with Crippen LogP contribution in [0, 0.1) is 10.1 Å². The first-order chi connectivity index (χ1) is 10.1. The quantitative estimate of drug-likeness (QED) is 0.585. The van der Waals surface area contributed by atoms with Crippen LogP contribution < -0.4 is 10.6 Å². The van der Waals surface area contributed by atoms with Gasteiger partial charge in [0.2, 0.25) is 0 Å². The average molecular weight is 326 g/mol. The molecule has 2 N–H and O–H groups in total. The van der Waals surface area contributed by atoms with E-state index >= 15 is 0 Å². The Labute approximate surface area is 132 Å². The number of thiophene rings is 1. The Morgan fingerprint density at radius 3 is 2.52 bits per heavy atom. The Morgan fingerprint density at radius 1 is 1.24 bits per heavy atom. The van der Waals surface area contributed by atoms with Gasteiger partial charge in [0.1, 0.15) is 11.4 Å². The summed E-state index contributed by atoms with van der Waals surface area (Å²) in [5.74, 6) is 0. The number of para-hydroxylation sites is 1. The van der Waals surface area contributed by atoms with E-state index in [1.807, 2.05) is 19.1 Å². The highest BCUT2D eigenvalue weighted by molar-refractivity contribution is 7.16. The van der Waals surface area contributed by atoms with E-state index < -0.39 is 0 Å². The summed E-state index contributed by atoms with van der Waals surface area (Å²) in [5, 5.41) is 17.4. The number of halogens is 1. The molecule has 7 heteroatoms. The van der Waals surface area contributed by atoms with E-state index in [1.54, 1.807) is 18.2 Å². The molecular weight excluding hydrogens is 310 g/mol. The third kappa shape index (κ3) is 4.09. The van der Waals surface area contributed by atoms with E-state index in [1.165, 1.54) is 11.3 Å². The van der Waals surface area contributed by atoms with Crippen LogP contribution in [-0.2, 0) is 6.42 Å². The number of nitro benzene ring substituents is 1. The molecule has 21 heavy (non-hydrogen) atoms. The van der Waals surface area contributed by atoms with E-state index in [4.69, 9.17) is 11.6 Å². The van der Waals surface area contributed by atoms with Gasteiger partial charge in [0.25, 0.3) is 0 Å². The molecule has 112 valence electrons. The van der Waals surface area contributed by atoms with Crippen LogP contribution in [0.1, 0.15) is 11.8 Å². The Hall–Kier alpha value is -1.79. The minimum Gasteiger partial charge on any atom is -0.380 e. The lowest BCUT2D eigenvalue weighted by Crippen LogP contribution is -2.08. The Bertz CT molecular complexity index is 630. The van der Waals surface area contributed by atoms with Gasteiger partial charge in [-0.25, -0.2) is 0 Å². The van der Waals surface area contributed by atoms with Crippen LogP contribution in [0.2, 0.25) is 4.34 Å². The Morgan fingerprint density at radius 2 is 1.95 bits per heavy atom. The molecule has 0 bridgehead atoms. The fraction of sp³-hybridized carbons (Fsp3) is 0.286. The highest BCUT2D eigenvalue weighted by Gasteiger charge is 2.18. The molecule has 0 aliphatic heterocycles. The number of nitrogens with one attached hydrogen (secondary N) is 2. The van der Waals surface area contributed by atoms with Crippen molar-refractivity contribution in [3.63, 3.8) is 0 Å². The second-order valence-electron chi connectivity index (χ2n) is 4.37. The fourth-order valence-corrected chi connectivity index (χ4v) is 3.11. The molecule has 0 radical (unpaired) electrons. The molecule has 1 aromatic heterocycles. The molecule has 5 nitrogen and oxygen atoms in total. The third-order valence-electron chi connectivity index (χ3n) is 2.90. The summed E-state index contributed by atoms with van der Waals surface area (Å²) in [6, 6.07) is 9.06. The number of rotatable bonds is 7. The van der Waals surface area contributed by atoms with Crippen molar-refractivity contribution in [2.45, 2.75) is 13.3 Å². The summed E-state index contributed by atoms with van der Waals surface area (Å²) in [5.41, 5.74) is 1.15. The van der Waals surface area contributed by atoms with Gasteiger partial charge >= 0.3 is 5.69 Å². The van der Waals surface area contributed by atoms with Crippen molar-refractivity contribution in [3.05, 3.63) is 49.7 Å². The highest BCUT2D eigenvalue weighted by Crippen LogP contribution is 2.32. The van der Waals surface area contributed by atoms with E-state index in [0.29, 0.717) is 24.5 Å². The summed E-state index contributed by atoms with van der Waals surface area (Å²) in [6.07, 6.45) is 0.778. The van der Waals surface area contributed by atoms with Crippen LogP contribution in [0.25, 0.3) is 0 Å². The minimum absolute atomic E-state index is 0.0866. The monoisotopic (exact) mass is 325 g/mol. The van der Waals surface area contributed by atoms with Crippen LogP contribution in [0.5, 0.6) is 0 Å². The van der Waals surface area contributed by atoms with Crippen molar-refractivity contribution in [3.8, 4) is 0 Å². The van der Waals surface area contributed by atoms with Crippen molar-refractivity contribution >= 4 is 40.0 Å². The summed E-state index contributed by atoms with van der Waals surface area (Å²) >= 11 is 7.40. The molecule has 0 spiro atoms. The molecule has 0 unspecified atom stereocenters. The van der Waals surface area contributed by atoms with Gasteiger partial charge in [-0.1, -0.05) is 17.7 Å². The molecule has 0 atom stereocenters.